The summed E-state index contributed by atoms with van der Waals surface area (Å²) in [6, 6.07) is 0. The van der Waals surface area contributed by atoms with E-state index in [2.05, 4.69) is 29.2 Å². The molecule has 0 aliphatic carbocycles. The van der Waals surface area contributed by atoms with Crippen molar-refractivity contribution in [3.8, 4) is 0 Å². The van der Waals surface area contributed by atoms with Crippen molar-refractivity contribution < 1.29 is 4.79 Å². The molecule has 0 bridgehead atoms. The first kappa shape index (κ1) is 23.2. The molecule has 128 valence electrons. The molecule has 3 N–H and O–H groups in total. The van der Waals surface area contributed by atoms with Gasteiger partial charge in [-0.1, -0.05) is 0 Å². The number of carbonyl (C=O) groups excluding carboxylic acids is 1. The summed E-state index contributed by atoms with van der Waals surface area (Å²) in [5, 5.41) is 3.03. The zero-order valence-electron chi connectivity index (χ0n) is 13.3. The normalized spacial score (nSPS) is 16.2. The minimum atomic E-state index is 0. The summed E-state index contributed by atoms with van der Waals surface area (Å²) in [6.07, 6.45) is 3.75. The lowest BCUT2D eigenvalue weighted by molar-refractivity contribution is -0.121. The second-order valence-corrected chi connectivity index (χ2v) is 5.78. The molecule has 0 aromatic rings. The number of likely N-dealkylation sites (N-methyl/N-ethyl adjacent to an activating group) is 1. The molecule has 1 heterocycles. The van der Waals surface area contributed by atoms with Crippen LogP contribution in [0.25, 0.3) is 0 Å². The maximum atomic E-state index is 11.5. The van der Waals surface area contributed by atoms with E-state index >= 15 is 0 Å². The van der Waals surface area contributed by atoms with E-state index in [0.717, 1.165) is 39.1 Å². The van der Waals surface area contributed by atoms with E-state index in [9.17, 15) is 4.79 Å². The van der Waals surface area contributed by atoms with E-state index < -0.39 is 0 Å². The Morgan fingerprint density at radius 1 is 1.29 bits per heavy atom. The van der Waals surface area contributed by atoms with Crippen molar-refractivity contribution in [3.63, 3.8) is 0 Å². The summed E-state index contributed by atoms with van der Waals surface area (Å²) in [6.45, 7) is 6.04. The molecule has 0 aromatic carbocycles. The first-order valence-corrected chi connectivity index (χ1v) is 7.45. The fourth-order valence-electron chi connectivity index (χ4n) is 2.36. The molecule has 7 heteroatoms. The average Bonchev–Trinajstić information content (AvgIpc) is 2.41. The van der Waals surface area contributed by atoms with Crippen LogP contribution in [-0.2, 0) is 4.79 Å². The van der Waals surface area contributed by atoms with E-state index in [4.69, 9.17) is 5.73 Å². The standard InChI is InChI=1S/C14H30N4O.2ClH/c1-17(2)10-11-18-8-5-13(6-9-18)12-16-14(19)4-3-7-15;;/h13H,3-12,15H2,1-2H3,(H,16,19);2*1H. The summed E-state index contributed by atoms with van der Waals surface area (Å²) in [4.78, 5) is 16.3. The van der Waals surface area contributed by atoms with Crippen LogP contribution in [0.15, 0.2) is 0 Å². The van der Waals surface area contributed by atoms with Gasteiger partial charge in [0.1, 0.15) is 0 Å². The molecule has 0 radical (unpaired) electrons. The summed E-state index contributed by atoms with van der Waals surface area (Å²) >= 11 is 0. The van der Waals surface area contributed by atoms with E-state index in [1.165, 1.54) is 12.8 Å². The van der Waals surface area contributed by atoms with Crippen LogP contribution in [0, 0.1) is 5.92 Å². The lowest BCUT2D eigenvalue weighted by Crippen LogP contribution is -2.41. The number of likely N-dealkylation sites (tertiary alicyclic amines) is 1. The fraction of sp³-hybridized carbons (Fsp3) is 0.929. The second-order valence-electron chi connectivity index (χ2n) is 5.78. The number of carbonyl (C=O) groups is 1. The Morgan fingerprint density at radius 3 is 2.43 bits per heavy atom. The number of hydrogen-bond acceptors (Lipinski definition) is 4. The molecular weight excluding hydrogens is 311 g/mol. The van der Waals surface area contributed by atoms with Gasteiger partial charge in [-0.3, -0.25) is 4.79 Å². The van der Waals surface area contributed by atoms with Crippen LogP contribution in [-0.4, -0.2) is 69.1 Å². The van der Waals surface area contributed by atoms with Crippen LogP contribution in [0.5, 0.6) is 0 Å². The number of hydrogen-bond donors (Lipinski definition) is 2. The lowest BCUT2D eigenvalue weighted by Gasteiger charge is -2.32. The van der Waals surface area contributed by atoms with Crippen LogP contribution in [0.3, 0.4) is 0 Å². The van der Waals surface area contributed by atoms with E-state index in [0.29, 0.717) is 18.9 Å². The minimum Gasteiger partial charge on any atom is -0.356 e. The Balaban J connectivity index is 0. The highest BCUT2D eigenvalue weighted by molar-refractivity contribution is 5.85. The van der Waals surface area contributed by atoms with E-state index in [1.54, 1.807) is 0 Å². The summed E-state index contributed by atoms with van der Waals surface area (Å²) < 4.78 is 0. The summed E-state index contributed by atoms with van der Waals surface area (Å²) in [7, 11) is 4.23. The number of amides is 1. The molecule has 0 saturated carbocycles. The second kappa shape index (κ2) is 13.6. The van der Waals surface area contributed by atoms with Crippen molar-refractivity contribution in [3.05, 3.63) is 0 Å². The molecule has 1 saturated heterocycles. The van der Waals surface area contributed by atoms with Gasteiger partial charge in [-0.25, -0.2) is 0 Å². The Labute approximate surface area is 141 Å². The quantitative estimate of drug-likeness (QED) is 0.689. The SMILES string of the molecule is CN(C)CCN1CCC(CNC(=O)CCCN)CC1.Cl.Cl. The smallest absolute Gasteiger partial charge is 0.220 e. The van der Waals surface area contributed by atoms with Crippen molar-refractivity contribution >= 4 is 30.7 Å². The molecule has 21 heavy (non-hydrogen) atoms. The van der Waals surface area contributed by atoms with Gasteiger partial charge in [0.2, 0.25) is 5.91 Å². The summed E-state index contributed by atoms with van der Waals surface area (Å²) in [5.74, 6) is 0.804. The third-order valence-corrected chi connectivity index (χ3v) is 3.77. The Hall–Kier alpha value is -0.0700. The first-order valence-electron chi connectivity index (χ1n) is 7.45. The number of halogens is 2. The van der Waals surface area contributed by atoms with Gasteiger partial charge in [0, 0.05) is 26.1 Å². The fourth-order valence-corrected chi connectivity index (χ4v) is 2.36. The molecule has 5 nitrogen and oxygen atoms in total. The van der Waals surface area contributed by atoms with Gasteiger partial charge in [-0.15, -0.1) is 24.8 Å². The number of nitrogens with one attached hydrogen (secondary N) is 1. The molecule has 0 spiro atoms. The van der Waals surface area contributed by atoms with Gasteiger partial charge in [0.15, 0.2) is 0 Å². The maximum absolute atomic E-state index is 11.5. The van der Waals surface area contributed by atoms with Gasteiger partial charge in [0.25, 0.3) is 0 Å². The molecule has 1 aliphatic rings. The van der Waals surface area contributed by atoms with Gasteiger partial charge in [0.05, 0.1) is 0 Å². The number of nitrogens with two attached hydrogens (primary N) is 1. The molecule has 1 fully saturated rings. The zero-order chi connectivity index (χ0) is 14.1. The molecule has 0 aromatic heterocycles. The van der Waals surface area contributed by atoms with Gasteiger partial charge in [-0.2, -0.15) is 0 Å². The Kier molecular flexibility index (Phi) is 15.0. The molecule has 0 unspecified atom stereocenters. The third kappa shape index (κ3) is 11.2. The largest absolute Gasteiger partial charge is 0.356 e. The predicted octanol–water partition coefficient (Wildman–Crippen LogP) is 0.959. The maximum Gasteiger partial charge on any atom is 0.220 e. The highest BCUT2D eigenvalue weighted by atomic mass is 35.5. The van der Waals surface area contributed by atoms with Crippen LogP contribution in [0.4, 0.5) is 0 Å². The van der Waals surface area contributed by atoms with Gasteiger partial charge < -0.3 is 20.9 Å². The van der Waals surface area contributed by atoms with Crippen molar-refractivity contribution in [2.24, 2.45) is 11.7 Å². The molecule has 1 aliphatic heterocycles. The van der Waals surface area contributed by atoms with Crippen LogP contribution in [0.1, 0.15) is 25.7 Å². The molecule has 0 atom stereocenters. The highest BCUT2D eigenvalue weighted by Gasteiger charge is 2.19. The van der Waals surface area contributed by atoms with E-state index in [-0.39, 0.29) is 30.7 Å². The minimum absolute atomic E-state index is 0. The van der Waals surface area contributed by atoms with Crippen molar-refractivity contribution in [2.75, 3.05) is 53.4 Å². The Morgan fingerprint density at radius 2 is 1.90 bits per heavy atom. The van der Waals surface area contributed by atoms with Gasteiger partial charge >= 0.3 is 0 Å². The van der Waals surface area contributed by atoms with Crippen LogP contribution >= 0.6 is 24.8 Å². The van der Waals surface area contributed by atoms with E-state index in [1.807, 2.05) is 0 Å². The molecular formula is C14H32Cl2N4O. The Bertz CT molecular complexity index is 259. The summed E-state index contributed by atoms with van der Waals surface area (Å²) in [5.41, 5.74) is 5.39. The number of piperidine rings is 1. The average molecular weight is 343 g/mol. The first-order chi connectivity index (χ1) is 9.11. The molecule has 1 amide bonds. The monoisotopic (exact) mass is 342 g/mol. The third-order valence-electron chi connectivity index (χ3n) is 3.77. The highest BCUT2D eigenvalue weighted by Crippen LogP contribution is 2.16. The number of rotatable bonds is 8. The number of nitrogens with zero attached hydrogens (tertiary/aromatic N) is 2. The van der Waals surface area contributed by atoms with Crippen LogP contribution < -0.4 is 11.1 Å². The zero-order valence-corrected chi connectivity index (χ0v) is 15.0. The topological polar surface area (TPSA) is 61.6 Å². The lowest BCUT2D eigenvalue weighted by atomic mass is 9.96. The van der Waals surface area contributed by atoms with Crippen LogP contribution in [0.2, 0.25) is 0 Å². The van der Waals surface area contributed by atoms with Crippen molar-refractivity contribution in [1.82, 2.24) is 15.1 Å². The molecule has 1 rings (SSSR count). The van der Waals surface area contributed by atoms with Crippen molar-refractivity contribution in [1.29, 1.82) is 0 Å². The van der Waals surface area contributed by atoms with Crippen molar-refractivity contribution in [2.45, 2.75) is 25.7 Å². The van der Waals surface area contributed by atoms with Gasteiger partial charge in [-0.05, 0) is 58.9 Å². The predicted molar refractivity (Wildman–Crippen MR) is 93.5 cm³/mol.